The summed E-state index contributed by atoms with van der Waals surface area (Å²) >= 11 is 1.74. The molecular formula is C9H10FNS. The summed E-state index contributed by atoms with van der Waals surface area (Å²) in [6, 6.07) is 5.74. The van der Waals surface area contributed by atoms with Crippen LogP contribution in [0.25, 0.3) is 0 Å². The second-order valence-electron chi connectivity index (χ2n) is 2.70. The number of alkyl halides is 1. The Kier molecular flexibility index (Phi) is 2.21. The highest BCUT2D eigenvalue weighted by molar-refractivity contribution is 7.99. The minimum Gasteiger partial charge on any atom is -0.383 e. The van der Waals surface area contributed by atoms with Crippen LogP contribution in [0.5, 0.6) is 0 Å². The highest BCUT2D eigenvalue weighted by Crippen LogP contribution is 2.34. The van der Waals surface area contributed by atoms with Crippen molar-refractivity contribution in [3.8, 4) is 0 Å². The molecule has 0 unspecified atom stereocenters. The first-order valence-electron chi connectivity index (χ1n) is 3.96. The lowest BCUT2D eigenvalue weighted by Gasteiger charge is -2.19. The molecule has 2 rings (SSSR count). The number of fused-ring (bicyclic) bond motifs is 1. The Morgan fingerprint density at radius 2 is 2.42 bits per heavy atom. The van der Waals surface area contributed by atoms with Crippen molar-refractivity contribution in [2.45, 2.75) is 11.6 Å². The Morgan fingerprint density at radius 3 is 3.25 bits per heavy atom. The van der Waals surface area contributed by atoms with Gasteiger partial charge in [-0.15, -0.1) is 11.8 Å². The summed E-state index contributed by atoms with van der Waals surface area (Å²) in [7, 11) is 0. The van der Waals surface area contributed by atoms with Crippen LogP contribution in [0.4, 0.5) is 10.1 Å². The molecule has 12 heavy (non-hydrogen) atoms. The van der Waals surface area contributed by atoms with Crippen molar-refractivity contribution in [3.05, 3.63) is 23.8 Å². The smallest absolute Gasteiger partial charge is 0.116 e. The molecule has 0 spiro atoms. The lowest BCUT2D eigenvalue weighted by atomic mass is 10.2. The van der Waals surface area contributed by atoms with E-state index in [1.54, 1.807) is 11.8 Å². The summed E-state index contributed by atoms with van der Waals surface area (Å²) in [6.45, 7) is 0.616. The van der Waals surface area contributed by atoms with Crippen LogP contribution in [0.1, 0.15) is 5.56 Å². The van der Waals surface area contributed by atoms with E-state index >= 15 is 0 Å². The first-order chi connectivity index (χ1) is 5.92. The van der Waals surface area contributed by atoms with Gasteiger partial charge in [0.1, 0.15) is 6.67 Å². The van der Waals surface area contributed by atoms with Crippen molar-refractivity contribution in [2.75, 3.05) is 17.6 Å². The van der Waals surface area contributed by atoms with Gasteiger partial charge in [-0.3, -0.25) is 0 Å². The van der Waals surface area contributed by atoms with Gasteiger partial charge < -0.3 is 5.32 Å². The minimum absolute atomic E-state index is 0.363. The van der Waals surface area contributed by atoms with Gasteiger partial charge in [0.05, 0.1) is 0 Å². The predicted molar refractivity (Wildman–Crippen MR) is 50.5 cm³/mol. The average Bonchev–Trinajstić information content (AvgIpc) is 2.17. The first-order valence-corrected chi connectivity index (χ1v) is 4.95. The fraction of sp³-hybridized carbons (Fsp3) is 0.333. The maximum absolute atomic E-state index is 12.5. The summed E-state index contributed by atoms with van der Waals surface area (Å²) in [6.07, 6.45) is 0. The van der Waals surface area contributed by atoms with Gasteiger partial charge in [0, 0.05) is 22.9 Å². The number of thioether (sulfide) groups is 1. The lowest BCUT2D eigenvalue weighted by Crippen LogP contribution is -2.10. The van der Waals surface area contributed by atoms with Crippen LogP contribution in [-0.4, -0.2) is 12.3 Å². The molecule has 0 saturated heterocycles. The van der Waals surface area contributed by atoms with E-state index < -0.39 is 0 Å². The van der Waals surface area contributed by atoms with E-state index in [1.807, 2.05) is 18.2 Å². The molecule has 0 amide bonds. The molecule has 0 bridgehead atoms. The van der Waals surface area contributed by atoms with Crippen LogP contribution in [0, 0.1) is 0 Å². The van der Waals surface area contributed by atoms with Gasteiger partial charge in [-0.1, -0.05) is 12.1 Å². The highest BCUT2D eigenvalue weighted by Gasteiger charge is 2.11. The molecule has 64 valence electrons. The fourth-order valence-corrected chi connectivity index (χ4v) is 2.35. The Labute approximate surface area is 75.4 Å². The molecule has 3 heteroatoms. The molecule has 0 aromatic heterocycles. The number of halogens is 1. The number of hydrogen-bond donors (Lipinski definition) is 1. The molecule has 0 saturated carbocycles. The number of benzene rings is 1. The topological polar surface area (TPSA) is 12.0 Å². The maximum Gasteiger partial charge on any atom is 0.116 e. The molecule has 1 aliphatic rings. The van der Waals surface area contributed by atoms with Gasteiger partial charge in [0.25, 0.3) is 0 Å². The van der Waals surface area contributed by atoms with Gasteiger partial charge in [-0.2, -0.15) is 0 Å². The highest BCUT2D eigenvalue weighted by atomic mass is 32.2. The van der Waals surface area contributed by atoms with E-state index in [9.17, 15) is 4.39 Å². The molecule has 1 nitrogen and oxygen atoms in total. The van der Waals surface area contributed by atoms with Crippen LogP contribution in [0.3, 0.4) is 0 Å². The SMILES string of the molecule is FCc1cccc2c1SCCN2. The molecule has 1 aliphatic heterocycles. The molecule has 0 aliphatic carbocycles. The third kappa shape index (κ3) is 1.29. The van der Waals surface area contributed by atoms with Gasteiger partial charge in [-0.25, -0.2) is 4.39 Å². The number of nitrogens with one attached hydrogen (secondary N) is 1. The Balaban J connectivity index is 2.44. The minimum atomic E-state index is -0.363. The molecule has 1 aromatic rings. The summed E-state index contributed by atoms with van der Waals surface area (Å²) in [5, 5.41) is 3.25. The van der Waals surface area contributed by atoms with E-state index in [4.69, 9.17) is 0 Å². The molecule has 1 aromatic carbocycles. The molecule has 1 heterocycles. The molecule has 0 atom stereocenters. The quantitative estimate of drug-likeness (QED) is 0.718. The van der Waals surface area contributed by atoms with Crippen molar-refractivity contribution in [1.82, 2.24) is 0 Å². The first kappa shape index (κ1) is 7.92. The van der Waals surface area contributed by atoms with Crippen LogP contribution >= 0.6 is 11.8 Å². The van der Waals surface area contributed by atoms with Crippen LogP contribution in [0.15, 0.2) is 23.1 Å². The normalized spacial score (nSPS) is 15.1. The second kappa shape index (κ2) is 3.35. The fourth-order valence-electron chi connectivity index (χ4n) is 1.34. The van der Waals surface area contributed by atoms with Gasteiger partial charge in [0.2, 0.25) is 0 Å². The second-order valence-corrected chi connectivity index (χ2v) is 3.81. The molecular weight excluding hydrogens is 173 g/mol. The van der Waals surface area contributed by atoms with Crippen molar-refractivity contribution in [1.29, 1.82) is 0 Å². The van der Waals surface area contributed by atoms with E-state index in [-0.39, 0.29) is 6.67 Å². The summed E-state index contributed by atoms with van der Waals surface area (Å²) in [4.78, 5) is 1.09. The zero-order valence-electron chi connectivity index (χ0n) is 6.64. The van der Waals surface area contributed by atoms with E-state index in [0.29, 0.717) is 0 Å². The average molecular weight is 183 g/mol. The largest absolute Gasteiger partial charge is 0.383 e. The third-order valence-corrected chi connectivity index (χ3v) is 3.08. The predicted octanol–water partition coefficient (Wildman–Crippen LogP) is 2.67. The molecule has 0 radical (unpaired) electrons. The zero-order valence-corrected chi connectivity index (χ0v) is 7.46. The maximum atomic E-state index is 12.5. The van der Waals surface area contributed by atoms with Crippen molar-refractivity contribution < 1.29 is 4.39 Å². The van der Waals surface area contributed by atoms with E-state index in [2.05, 4.69) is 5.32 Å². The van der Waals surface area contributed by atoms with Crippen molar-refractivity contribution in [3.63, 3.8) is 0 Å². The van der Waals surface area contributed by atoms with Gasteiger partial charge in [-0.05, 0) is 11.6 Å². The summed E-state index contributed by atoms with van der Waals surface area (Å²) in [5.74, 6) is 1.03. The monoisotopic (exact) mass is 183 g/mol. The standard InChI is InChI=1S/C9H10FNS/c10-6-7-2-1-3-8-9(7)12-5-4-11-8/h1-3,11H,4-6H2. The van der Waals surface area contributed by atoms with Crippen LogP contribution < -0.4 is 5.32 Å². The molecule has 1 N–H and O–H groups in total. The number of rotatable bonds is 1. The Bertz CT molecular complexity index is 274. The summed E-state index contributed by atoms with van der Waals surface area (Å²) < 4.78 is 12.5. The van der Waals surface area contributed by atoms with E-state index in [0.717, 1.165) is 28.4 Å². The van der Waals surface area contributed by atoms with Crippen molar-refractivity contribution in [2.24, 2.45) is 0 Å². The van der Waals surface area contributed by atoms with Gasteiger partial charge in [0.15, 0.2) is 0 Å². The molecule has 0 fully saturated rings. The van der Waals surface area contributed by atoms with Crippen molar-refractivity contribution >= 4 is 17.4 Å². The summed E-state index contributed by atoms with van der Waals surface area (Å²) in [5.41, 5.74) is 1.89. The number of hydrogen-bond acceptors (Lipinski definition) is 2. The third-order valence-electron chi connectivity index (χ3n) is 1.90. The number of anilines is 1. The Morgan fingerprint density at radius 1 is 1.50 bits per heavy atom. The Hall–Kier alpha value is -0.700. The van der Waals surface area contributed by atoms with Gasteiger partial charge >= 0.3 is 0 Å². The van der Waals surface area contributed by atoms with Crippen LogP contribution in [0.2, 0.25) is 0 Å². The lowest BCUT2D eigenvalue weighted by molar-refractivity contribution is 0.480. The van der Waals surface area contributed by atoms with E-state index in [1.165, 1.54) is 0 Å². The zero-order chi connectivity index (χ0) is 8.39. The van der Waals surface area contributed by atoms with Crippen LogP contribution in [-0.2, 0) is 6.67 Å².